The molecule has 0 aliphatic heterocycles. The molecule has 0 atom stereocenters. The van der Waals surface area contributed by atoms with Gasteiger partial charge in [0.15, 0.2) is 0 Å². The molecule has 0 aromatic rings. The SMILES string of the molecule is CC(=O)CCCCCCCCCCNC(C)=O. The third-order valence-corrected chi connectivity index (χ3v) is 2.83. The Morgan fingerprint density at radius 1 is 0.765 bits per heavy atom. The summed E-state index contributed by atoms with van der Waals surface area (Å²) < 4.78 is 0. The maximum absolute atomic E-state index is 10.7. The Morgan fingerprint density at radius 3 is 1.71 bits per heavy atom. The van der Waals surface area contributed by atoms with E-state index >= 15 is 0 Å². The second-order valence-corrected chi connectivity index (χ2v) is 4.76. The van der Waals surface area contributed by atoms with Crippen LogP contribution in [0.3, 0.4) is 0 Å². The number of hydrogen-bond acceptors (Lipinski definition) is 2. The summed E-state index contributed by atoms with van der Waals surface area (Å²) in [5.74, 6) is 0.374. The number of Topliss-reactive ketones (excluding diaryl/α,β-unsaturated/α-hetero) is 1. The number of carbonyl (C=O) groups is 2. The molecule has 0 unspecified atom stereocenters. The van der Waals surface area contributed by atoms with E-state index < -0.39 is 0 Å². The lowest BCUT2D eigenvalue weighted by Crippen LogP contribution is -2.20. The van der Waals surface area contributed by atoms with Gasteiger partial charge in [-0.2, -0.15) is 0 Å². The highest BCUT2D eigenvalue weighted by molar-refractivity contribution is 5.75. The molecule has 17 heavy (non-hydrogen) atoms. The molecule has 1 N–H and O–H groups in total. The van der Waals surface area contributed by atoms with E-state index in [1.807, 2.05) is 0 Å². The molecule has 0 rings (SSSR count). The maximum Gasteiger partial charge on any atom is 0.216 e. The number of hydrogen-bond donors (Lipinski definition) is 1. The first kappa shape index (κ1) is 16.1. The van der Waals surface area contributed by atoms with Crippen molar-refractivity contribution in [1.82, 2.24) is 5.32 Å². The molecule has 0 saturated carbocycles. The summed E-state index contributed by atoms with van der Waals surface area (Å²) in [6.07, 6.45) is 10.3. The highest BCUT2D eigenvalue weighted by Gasteiger charge is 1.95. The van der Waals surface area contributed by atoms with E-state index in [1.165, 1.54) is 38.5 Å². The third-order valence-electron chi connectivity index (χ3n) is 2.83. The standard InChI is InChI=1S/C14H27NO2/c1-13(16)11-9-7-5-3-4-6-8-10-12-15-14(2)17/h3-12H2,1-2H3,(H,15,17). The summed E-state index contributed by atoms with van der Waals surface area (Å²) >= 11 is 0. The molecule has 1 amide bonds. The topological polar surface area (TPSA) is 46.2 Å². The molecular formula is C14H27NO2. The van der Waals surface area contributed by atoms with Gasteiger partial charge < -0.3 is 10.1 Å². The number of ketones is 1. The molecule has 0 aromatic heterocycles. The largest absolute Gasteiger partial charge is 0.356 e. The number of unbranched alkanes of at least 4 members (excludes halogenated alkanes) is 7. The minimum absolute atomic E-state index is 0.0653. The number of amides is 1. The molecule has 0 radical (unpaired) electrons. The fourth-order valence-corrected chi connectivity index (χ4v) is 1.82. The molecule has 0 heterocycles. The lowest BCUT2D eigenvalue weighted by atomic mass is 10.1. The van der Waals surface area contributed by atoms with Gasteiger partial charge in [0.25, 0.3) is 0 Å². The van der Waals surface area contributed by atoms with E-state index in [0.717, 1.165) is 25.8 Å². The zero-order valence-corrected chi connectivity index (χ0v) is 11.4. The normalized spacial score (nSPS) is 10.2. The van der Waals surface area contributed by atoms with Crippen LogP contribution in [-0.2, 0) is 9.59 Å². The summed E-state index contributed by atoms with van der Waals surface area (Å²) in [4.78, 5) is 21.3. The average molecular weight is 241 g/mol. The van der Waals surface area contributed by atoms with Crippen LogP contribution in [0.2, 0.25) is 0 Å². The number of nitrogens with one attached hydrogen (secondary N) is 1. The minimum atomic E-state index is 0.0653. The van der Waals surface area contributed by atoms with Gasteiger partial charge in [-0.3, -0.25) is 4.79 Å². The summed E-state index contributed by atoms with van der Waals surface area (Å²) in [6.45, 7) is 4.03. The predicted octanol–water partition coefficient (Wildman–Crippen LogP) is 3.22. The molecule has 0 fully saturated rings. The summed E-state index contributed by atoms with van der Waals surface area (Å²) in [5, 5.41) is 2.80. The molecule has 0 aliphatic rings. The molecule has 3 heteroatoms. The van der Waals surface area contributed by atoms with Gasteiger partial charge in [0.2, 0.25) is 5.91 Å². The van der Waals surface area contributed by atoms with Crippen LogP contribution >= 0.6 is 0 Å². The molecule has 0 spiro atoms. The van der Waals surface area contributed by atoms with Gasteiger partial charge in [-0.15, -0.1) is 0 Å². The Labute approximate surface area is 105 Å². The van der Waals surface area contributed by atoms with Crippen molar-refractivity contribution < 1.29 is 9.59 Å². The molecule has 0 aromatic carbocycles. The van der Waals surface area contributed by atoms with E-state index in [4.69, 9.17) is 0 Å². The highest BCUT2D eigenvalue weighted by atomic mass is 16.1. The lowest BCUT2D eigenvalue weighted by Gasteiger charge is -2.03. The van der Waals surface area contributed by atoms with E-state index in [9.17, 15) is 9.59 Å². The zero-order valence-electron chi connectivity index (χ0n) is 11.4. The van der Waals surface area contributed by atoms with Gasteiger partial charge in [0.05, 0.1) is 0 Å². The van der Waals surface area contributed by atoms with Crippen molar-refractivity contribution in [2.75, 3.05) is 6.54 Å². The Bertz CT molecular complexity index is 192. The predicted molar refractivity (Wildman–Crippen MR) is 70.9 cm³/mol. The van der Waals surface area contributed by atoms with Gasteiger partial charge in [0, 0.05) is 19.9 Å². The molecule has 0 bridgehead atoms. The second-order valence-electron chi connectivity index (χ2n) is 4.76. The summed E-state index contributed by atoms with van der Waals surface area (Å²) in [6, 6.07) is 0. The van der Waals surface area contributed by atoms with Gasteiger partial charge in [-0.05, 0) is 19.8 Å². The van der Waals surface area contributed by atoms with Crippen LogP contribution in [0.1, 0.15) is 71.6 Å². The van der Waals surface area contributed by atoms with Gasteiger partial charge >= 0.3 is 0 Å². The third kappa shape index (κ3) is 15.1. The fourth-order valence-electron chi connectivity index (χ4n) is 1.82. The Kier molecular flexibility index (Phi) is 11.0. The van der Waals surface area contributed by atoms with Crippen LogP contribution < -0.4 is 5.32 Å². The zero-order chi connectivity index (χ0) is 12.9. The molecule has 0 aliphatic carbocycles. The van der Waals surface area contributed by atoms with Crippen molar-refractivity contribution in [3.8, 4) is 0 Å². The van der Waals surface area contributed by atoms with Crippen LogP contribution in [0.4, 0.5) is 0 Å². The summed E-state index contributed by atoms with van der Waals surface area (Å²) in [7, 11) is 0. The molecule has 3 nitrogen and oxygen atoms in total. The van der Waals surface area contributed by atoms with Crippen molar-refractivity contribution >= 4 is 11.7 Å². The first-order valence-electron chi connectivity index (χ1n) is 6.87. The van der Waals surface area contributed by atoms with Gasteiger partial charge in [0.1, 0.15) is 5.78 Å². The Hall–Kier alpha value is -0.860. The first-order chi connectivity index (χ1) is 8.13. The fraction of sp³-hybridized carbons (Fsp3) is 0.857. The van der Waals surface area contributed by atoms with Crippen molar-refractivity contribution in [2.45, 2.75) is 71.6 Å². The van der Waals surface area contributed by atoms with E-state index in [2.05, 4.69) is 5.32 Å². The van der Waals surface area contributed by atoms with Crippen molar-refractivity contribution in [3.05, 3.63) is 0 Å². The average Bonchev–Trinajstić information content (AvgIpc) is 2.25. The lowest BCUT2D eigenvalue weighted by molar-refractivity contribution is -0.119. The minimum Gasteiger partial charge on any atom is -0.356 e. The molecule has 0 saturated heterocycles. The van der Waals surface area contributed by atoms with Crippen LogP contribution in [0, 0.1) is 0 Å². The van der Waals surface area contributed by atoms with Crippen molar-refractivity contribution in [1.29, 1.82) is 0 Å². The van der Waals surface area contributed by atoms with Gasteiger partial charge in [-0.25, -0.2) is 0 Å². The van der Waals surface area contributed by atoms with Crippen molar-refractivity contribution in [3.63, 3.8) is 0 Å². The van der Waals surface area contributed by atoms with Crippen LogP contribution in [0.15, 0.2) is 0 Å². The maximum atomic E-state index is 10.7. The molecule has 100 valence electrons. The van der Waals surface area contributed by atoms with Gasteiger partial charge in [-0.1, -0.05) is 38.5 Å². The van der Waals surface area contributed by atoms with E-state index in [1.54, 1.807) is 13.8 Å². The first-order valence-corrected chi connectivity index (χ1v) is 6.87. The summed E-state index contributed by atoms with van der Waals surface area (Å²) in [5.41, 5.74) is 0. The van der Waals surface area contributed by atoms with E-state index in [0.29, 0.717) is 5.78 Å². The second kappa shape index (κ2) is 11.6. The quantitative estimate of drug-likeness (QED) is 0.564. The van der Waals surface area contributed by atoms with Crippen LogP contribution in [-0.4, -0.2) is 18.2 Å². The molecular weight excluding hydrogens is 214 g/mol. The number of rotatable bonds is 11. The monoisotopic (exact) mass is 241 g/mol. The smallest absolute Gasteiger partial charge is 0.216 e. The van der Waals surface area contributed by atoms with Crippen LogP contribution in [0.25, 0.3) is 0 Å². The van der Waals surface area contributed by atoms with E-state index in [-0.39, 0.29) is 5.91 Å². The van der Waals surface area contributed by atoms with Crippen LogP contribution in [0.5, 0.6) is 0 Å². The Morgan fingerprint density at radius 2 is 1.24 bits per heavy atom. The Balaban J connectivity index is 2.98. The van der Waals surface area contributed by atoms with Crippen molar-refractivity contribution in [2.24, 2.45) is 0 Å². The highest BCUT2D eigenvalue weighted by Crippen LogP contribution is 2.09. The number of carbonyl (C=O) groups excluding carboxylic acids is 2.